The van der Waals surface area contributed by atoms with Gasteiger partial charge in [0.05, 0.1) is 16.6 Å². The van der Waals surface area contributed by atoms with Crippen LogP contribution in [-0.2, 0) is 0 Å². The molecule has 0 aliphatic heterocycles. The summed E-state index contributed by atoms with van der Waals surface area (Å²) >= 11 is 0. The molecule has 0 bridgehead atoms. The molecule has 3 rings (SSSR count). The number of rotatable bonds is 3. The van der Waals surface area contributed by atoms with Gasteiger partial charge in [0.25, 0.3) is 0 Å². The minimum atomic E-state index is -0.933. The van der Waals surface area contributed by atoms with E-state index in [0.717, 1.165) is 17.0 Å². The van der Waals surface area contributed by atoms with Crippen LogP contribution in [0, 0.1) is 0 Å². The number of nitrogens with zero attached hydrogens (tertiary/aromatic N) is 2. The SMILES string of the molecule is CC(C)c1nc2cc(C(=O)O)ccc2n1-c1ccccc1. The molecule has 4 heteroatoms. The Bertz CT molecular complexity index is 804. The summed E-state index contributed by atoms with van der Waals surface area (Å²) in [7, 11) is 0. The summed E-state index contributed by atoms with van der Waals surface area (Å²) in [5.74, 6) is 0.238. The normalized spacial score (nSPS) is 11.2. The predicted molar refractivity (Wildman–Crippen MR) is 82.1 cm³/mol. The van der Waals surface area contributed by atoms with Gasteiger partial charge in [-0.15, -0.1) is 0 Å². The number of imidazole rings is 1. The van der Waals surface area contributed by atoms with Crippen LogP contribution in [0.4, 0.5) is 0 Å². The van der Waals surface area contributed by atoms with E-state index >= 15 is 0 Å². The summed E-state index contributed by atoms with van der Waals surface area (Å²) in [5, 5.41) is 9.11. The monoisotopic (exact) mass is 280 g/mol. The lowest BCUT2D eigenvalue weighted by molar-refractivity contribution is 0.0697. The second kappa shape index (κ2) is 5.05. The van der Waals surface area contributed by atoms with Crippen molar-refractivity contribution >= 4 is 17.0 Å². The molecule has 0 aliphatic carbocycles. The maximum absolute atomic E-state index is 11.1. The summed E-state index contributed by atoms with van der Waals surface area (Å²) in [5.41, 5.74) is 2.93. The molecular formula is C17H16N2O2. The van der Waals surface area contributed by atoms with E-state index in [1.165, 1.54) is 0 Å². The van der Waals surface area contributed by atoms with Gasteiger partial charge >= 0.3 is 5.97 Å². The van der Waals surface area contributed by atoms with Gasteiger partial charge in [-0.2, -0.15) is 0 Å². The van der Waals surface area contributed by atoms with Crippen LogP contribution in [0.25, 0.3) is 16.7 Å². The Labute approximate surface area is 122 Å². The van der Waals surface area contributed by atoms with Gasteiger partial charge in [0, 0.05) is 11.6 Å². The van der Waals surface area contributed by atoms with E-state index in [1.54, 1.807) is 12.1 Å². The maximum atomic E-state index is 11.1. The summed E-state index contributed by atoms with van der Waals surface area (Å²) in [6, 6.07) is 15.1. The molecule has 1 aromatic heterocycles. The fraction of sp³-hybridized carbons (Fsp3) is 0.176. The lowest BCUT2D eigenvalue weighted by Gasteiger charge is -2.11. The van der Waals surface area contributed by atoms with Gasteiger partial charge in [0.15, 0.2) is 0 Å². The third-order valence-corrected chi connectivity index (χ3v) is 3.46. The van der Waals surface area contributed by atoms with Crippen LogP contribution >= 0.6 is 0 Å². The fourth-order valence-electron chi connectivity index (χ4n) is 2.47. The van der Waals surface area contributed by atoms with E-state index in [4.69, 9.17) is 5.11 Å². The van der Waals surface area contributed by atoms with Crippen molar-refractivity contribution in [2.45, 2.75) is 19.8 Å². The molecule has 0 radical (unpaired) electrons. The summed E-state index contributed by atoms with van der Waals surface area (Å²) in [6.07, 6.45) is 0. The molecule has 3 aromatic rings. The van der Waals surface area contributed by atoms with Crippen LogP contribution in [0.5, 0.6) is 0 Å². The number of aromatic carboxylic acids is 1. The minimum Gasteiger partial charge on any atom is -0.478 e. The molecule has 106 valence electrons. The zero-order valence-corrected chi connectivity index (χ0v) is 11.9. The van der Waals surface area contributed by atoms with Gasteiger partial charge in [0.2, 0.25) is 0 Å². The Balaban J connectivity index is 2.31. The van der Waals surface area contributed by atoms with E-state index in [2.05, 4.69) is 23.4 Å². The smallest absolute Gasteiger partial charge is 0.335 e. The molecular weight excluding hydrogens is 264 g/mol. The zero-order chi connectivity index (χ0) is 15.0. The molecule has 0 saturated heterocycles. The number of carboxylic acid groups (broad SMARTS) is 1. The van der Waals surface area contributed by atoms with Crippen LogP contribution < -0.4 is 0 Å². The van der Waals surface area contributed by atoms with Crippen molar-refractivity contribution in [1.29, 1.82) is 0 Å². The summed E-state index contributed by atoms with van der Waals surface area (Å²) < 4.78 is 2.09. The van der Waals surface area contributed by atoms with Crippen LogP contribution in [-0.4, -0.2) is 20.6 Å². The van der Waals surface area contributed by atoms with Crippen LogP contribution in [0.3, 0.4) is 0 Å². The number of fused-ring (bicyclic) bond motifs is 1. The Hall–Kier alpha value is -2.62. The molecule has 1 heterocycles. The standard InChI is InChI=1S/C17H16N2O2/c1-11(2)16-18-14-10-12(17(20)21)8-9-15(14)19(16)13-6-4-3-5-7-13/h3-11H,1-2H3,(H,20,21). The molecule has 4 nitrogen and oxygen atoms in total. The predicted octanol–water partition coefficient (Wildman–Crippen LogP) is 3.85. The molecule has 21 heavy (non-hydrogen) atoms. The van der Waals surface area contributed by atoms with Crippen molar-refractivity contribution < 1.29 is 9.90 Å². The number of benzene rings is 2. The van der Waals surface area contributed by atoms with E-state index in [0.29, 0.717) is 5.52 Å². The third-order valence-electron chi connectivity index (χ3n) is 3.46. The summed E-state index contributed by atoms with van der Waals surface area (Å²) in [6.45, 7) is 4.16. The molecule has 0 spiro atoms. The first-order chi connectivity index (χ1) is 10.1. The van der Waals surface area contributed by atoms with E-state index in [-0.39, 0.29) is 11.5 Å². The second-order valence-corrected chi connectivity index (χ2v) is 5.30. The van der Waals surface area contributed by atoms with Gasteiger partial charge in [0.1, 0.15) is 5.82 Å². The maximum Gasteiger partial charge on any atom is 0.335 e. The van der Waals surface area contributed by atoms with Crippen molar-refractivity contribution in [3.63, 3.8) is 0 Å². The highest BCUT2D eigenvalue weighted by Crippen LogP contribution is 2.26. The van der Waals surface area contributed by atoms with Gasteiger partial charge in [-0.1, -0.05) is 32.0 Å². The quantitative estimate of drug-likeness (QED) is 0.793. The first-order valence-electron chi connectivity index (χ1n) is 6.89. The highest BCUT2D eigenvalue weighted by atomic mass is 16.4. The topological polar surface area (TPSA) is 55.1 Å². The number of aromatic nitrogens is 2. The van der Waals surface area contributed by atoms with Crippen LogP contribution in [0.2, 0.25) is 0 Å². The largest absolute Gasteiger partial charge is 0.478 e. The van der Waals surface area contributed by atoms with Crippen molar-refractivity contribution in [3.8, 4) is 5.69 Å². The number of para-hydroxylation sites is 1. The second-order valence-electron chi connectivity index (χ2n) is 5.30. The van der Waals surface area contributed by atoms with E-state index in [9.17, 15) is 4.79 Å². The lowest BCUT2D eigenvalue weighted by atomic mass is 10.2. The Kier molecular flexibility index (Phi) is 3.22. The molecule has 0 aliphatic rings. The van der Waals surface area contributed by atoms with Crippen molar-refractivity contribution in [2.75, 3.05) is 0 Å². The number of carboxylic acids is 1. The van der Waals surface area contributed by atoms with Gasteiger partial charge < -0.3 is 5.11 Å². The number of hydrogen-bond donors (Lipinski definition) is 1. The third kappa shape index (κ3) is 2.29. The van der Waals surface area contributed by atoms with Gasteiger partial charge in [-0.3, -0.25) is 4.57 Å². The molecule has 0 amide bonds. The van der Waals surface area contributed by atoms with E-state index in [1.807, 2.05) is 36.4 Å². The average Bonchev–Trinajstić information content (AvgIpc) is 2.86. The van der Waals surface area contributed by atoms with Crippen LogP contribution in [0.1, 0.15) is 35.9 Å². The molecule has 0 saturated carbocycles. The fourth-order valence-corrected chi connectivity index (χ4v) is 2.47. The molecule has 0 unspecified atom stereocenters. The average molecular weight is 280 g/mol. The zero-order valence-electron chi connectivity index (χ0n) is 11.9. The highest BCUT2D eigenvalue weighted by Gasteiger charge is 2.16. The van der Waals surface area contributed by atoms with Gasteiger partial charge in [-0.05, 0) is 30.3 Å². The summed E-state index contributed by atoms with van der Waals surface area (Å²) in [4.78, 5) is 15.7. The Morgan fingerprint density at radius 3 is 2.48 bits per heavy atom. The highest BCUT2D eigenvalue weighted by molar-refractivity contribution is 5.92. The van der Waals surface area contributed by atoms with Crippen molar-refractivity contribution in [1.82, 2.24) is 9.55 Å². The molecule has 0 atom stereocenters. The van der Waals surface area contributed by atoms with Crippen molar-refractivity contribution in [3.05, 3.63) is 59.9 Å². The molecule has 1 N–H and O–H groups in total. The van der Waals surface area contributed by atoms with Crippen LogP contribution in [0.15, 0.2) is 48.5 Å². The Morgan fingerprint density at radius 1 is 1.14 bits per heavy atom. The Morgan fingerprint density at radius 2 is 1.86 bits per heavy atom. The van der Waals surface area contributed by atoms with E-state index < -0.39 is 5.97 Å². The molecule has 0 fully saturated rings. The van der Waals surface area contributed by atoms with Crippen molar-refractivity contribution in [2.24, 2.45) is 0 Å². The lowest BCUT2D eigenvalue weighted by Crippen LogP contribution is -2.02. The first-order valence-corrected chi connectivity index (χ1v) is 6.89. The molecule has 2 aromatic carbocycles. The van der Waals surface area contributed by atoms with Gasteiger partial charge in [-0.25, -0.2) is 9.78 Å². The first kappa shape index (κ1) is 13.4. The minimum absolute atomic E-state index is 0.242. The number of carbonyl (C=O) groups is 1. The number of hydrogen-bond acceptors (Lipinski definition) is 2.